The Hall–Kier alpha value is -2.48. The molecule has 1 saturated heterocycles. The Morgan fingerprint density at radius 2 is 2.20 bits per heavy atom. The molecule has 1 aromatic carbocycles. The third kappa shape index (κ3) is 2.10. The number of nitrogens with one attached hydrogen (secondary N) is 1. The zero-order chi connectivity index (χ0) is 14.0. The van der Waals surface area contributed by atoms with E-state index in [1.165, 1.54) is 4.68 Å². The Morgan fingerprint density at radius 3 is 2.85 bits per heavy atom. The number of anilines is 1. The second-order valence-electron chi connectivity index (χ2n) is 4.56. The lowest BCUT2D eigenvalue weighted by Crippen LogP contribution is -2.47. The van der Waals surface area contributed by atoms with Gasteiger partial charge < -0.3 is 15.2 Å². The third-order valence-corrected chi connectivity index (χ3v) is 3.25. The Labute approximate surface area is 114 Å². The number of ether oxygens (including phenoxy) is 1. The number of nitrogens with zero attached hydrogens (tertiary/aromatic N) is 4. The second kappa shape index (κ2) is 4.89. The van der Waals surface area contributed by atoms with E-state index in [9.17, 15) is 9.90 Å². The predicted octanol–water partition coefficient (Wildman–Crippen LogP) is 0.318. The van der Waals surface area contributed by atoms with Crippen LogP contribution in [-0.4, -0.2) is 50.0 Å². The number of hydrogen-bond donors (Lipinski definition) is 2. The summed E-state index contributed by atoms with van der Waals surface area (Å²) in [6.45, 7) is 0.482. The summed E-state index contributed by atoms with van der Waals surface area (Å²) in [7, 11) is 0. The highest BCUT2D eigenvalue weighted by molar-refractivity contribution is 5.82. The maximum atomic E-state index is 11.5. The first-order valence-corrected chi connectivity index (χ1v) is 6.14. The molecule has 2 N–H and O–H groups in total. The standard InChI is InChI=1S/C12H13N5O3/c18-10(19)12(6-7-20-8-12)13-11-14-15-16-17(11)9-4-2-1-3-5-9/h1-5H,6-8H2,(H,18,19)(H,13,14,16). The molecule has 1 aliphatic rings. The van der Waals surface area contributed by atoms with Crippen molar-refractivity contribution in [2.75, 3.05) is 18.5 Å². The molecule has 0 bridgehead atoms. The molecule has 1 fully saturated rings. The monoisotopic (exact) mass is 275 g/mol. The van der Waals surface area contributed by atoms with Crippen molar-refractivity contribution in [3.63, 3.8) is 0 Å². The van der Waals surface area contributed by atoms with Crippen molar-refractivity contribution >= 4 is 11.9 Å². The van der Waals surface area contributed by atoms with Crippen molar-refractivity contribution in [1.29, 1.82) is 0 Å². The van der Waals surface area contributed by atoms with Gasteiger partial charge in [-0.2, -0.15) is 4.68 Å². The molecular weight excluding hydrogens is 262 g/mol. The molecule has 1 aromatic heterocycles. The summed E-state index contributed by atoms with van der Waals surface area (Å²) >= 11 is 0. The van der Waals surface area contributed by atoms with E-state index in [0.29, 0.717) is 13.0 Å². The molecule has 1 aliphatic heterocycles. The van der Waals surface area contributed by atoms with Crippen LogP contribution in [0.5, 0.6) is 0 Å². The number of hydrogen-bond acceptors (Lipinski definition) is 6. The fraction of sp³-hybridized carbons (Fsp3) is 0.333. The van der Waals surface area contributed by atoms with Crippen molar-refractivity contribution in [3.05, 3.63) is 30.3 Å². The van der Waals surface area contributed by atoms with Gasteiger partial charge in [0.1, 0.15) is 0 Å². The first-order valence-electron chi connectivity index (χ1n) is 6.14. The molecule has 0 saturated carbocycles. The van der Waals surface area contributed by atoms with Crippen LogP contribution in [0.1, 0.15) is 6.42 Å². The van der Waals surface area contributed by atoms with Crippen molar-refractivity contribution in [1.82, 2.24) is 20.2 Å². The molecule has 2 heterocycles. The van der Waals surface area contributed by atoms with Crippen LogP contribution >= 0.6 is 0 Å². The molecule has 2 aromatic rings. The topological polar surface area (TPSA) is 102 Å². The minimum Gasteiger partial charge on any atom is -0.479 e. The Balaban J connectivity index is 1.93. The molecule has 0 spiro atoms. The van der Waals surface area contributed by atoms with Crippen molar-refractivity contribution in [2.45, 2.75) is 12.0 Å². The molecule has 0 amide bonds. The first-order chi connectivity index (χ1) is 9.71. The largest absolute Gasteiger partial charge is 0.479 e. The lowest BCUT2D eigenvalue weighted by molar-refractivity contribution is -0.142. The molecule has 8 nitrogen and oxygen atoms in total. The zero-order valence-electron chi connectivity index (χ0n) is 10.6. The second-order valence-corrected chi connectivity index (χ2v) is 4.56. The minimum absolute atomic E-state index is 0.0873. The average Bonchev–Trinajstić information content (AvgIpc) is 3.10. The van der Waals surface area contributed by atoms with Gasteiger partial charge in [0.2, 0.25) is 5.95 Å². The van der Waals surface area contributed by atoms with E-state index in [4.69, 9.17) is 4.74 Å². The van der Waals surface area contributed by atoms with E-state index in [0.717, 1.165) is 5.69 Å². The summed E-state index contributed by atoms with van der Waals surface area (Å²) in [5.41, 5.74) is -0.430. The van der Waals surface area contributed by atoms with E-state index in [1.54, 1.807) is 0 Å². The quantitative estimate of drug-likeness (QED) is 0.828. The first kappa shape index (κ1) is 12.5. The van der Waals surface area contributed by atoms with Crippen LogP contribution in [-0.2, 0) is 9.53 Å². The van der Waals surface area contributed by atoms with Crippen LogP contribution < -0.4 is 5.32 Å². The highest BCUT2D eigenvalue weighted by Gasteiger charge is 2.43. The van der Waals surface area contributed by atoms with Gasteiger partial charge in [0.15, 0.2) is 5.54 Å². The van der Waals surface area contributed by atoms with Gasteiger partial charge in [-0.05, 0) is 22.6 Å². The fourth-order valence-corrected chi connectivity index (χ4v) is 2.11. The molecule has 3 rings (SSSR count). The zero-order valence-corrected chi connectivity index (χ0v) is 10.6. The van der Waals surface area contributed by atoms with E-state index < -0.39 is 11.5 Å². The lowest BCUT2D eigenvalue weighted by atomic mass is 9.99. The Kier molecular flexibility index (Phi) is 3.07. The van der Waals surface area contributed by atoms with Crippen molar-refractivity contribution in [3.8, 4) is 5.69 Å². The maximum absolute atomic E-state index is 11.5. The van der Waals surface area contributed by atoms with Gasteiger partial charge in [-0.3, -0.25) is 0 Å². The number of tetrazole rings is 1. The molecule has 104 valence electrons. The van der Waals surface area contributed by atoms with Gasteiger partial charge in [0.25, 0.3) is 0 Å². The molecule has 20 heavy (non-hydrogen) atoms. The van der Waals surface area contributed by atoms with Gasteiger partial charge in [0.05, 0.1) is 12.3 Å². The van der Waals surface area contributed by atoms with Gasteiger partial charge in [0, 0.05) is 13.0 Å². The van der Waals surface area contributed by atoms with Gasteiger partial charge in [-0.25, -0.2) is 4.79 Å². The predicted molar refractivity (Wildman–Crippen MR) is 68.6 cm³/mol. The molecule has 1 unspecified atom stereocenters. The number of para-hydroxylation sites is 1. The van der Waals surface area contributed by atoms with Crippen LogP contribution in [0.15, 0.2) is 30.3 Å². The Morgan fingerprint density at radius 1 is 1.40 bits per heavy atom. The number of carboxylic acids is 1. The summed E-state index contributed by atoms with van der Waals surface area (Å²) in [6, 6.07) is 9.25. The van der Waals surface area contributed by atoms with E-state index in [2.05, 4.69) is 20.8 Å². The van der Waals surface area contributed by atoms with Gasteiger partial charge in [-0.1, -0.05) is 23.3 Å². The van der Waals surface area contributed by atoms with E-state index in [1.807, 2.05) is 30.3 Å². The average molecular weight is 275 g/mol. The van der Waals surface area contributed by atoms with Crippen LogP contribution in [0.3, 0.4) is 0 Å². The number of aliphatic carboxylic acids is 1. The summed E-state index contributed by atoms with van der Waals surface area (Å²) in [4.78, 5) is 11.5. The molecule has 1 atom stereocenters. The fourth-order valence-electron chi connectivity index (χ4n) is 2.11. The van der Waals surface area contributed by atoms with Crippen LogP contribution in [0.2, 0.25) is 0 Å². The SMILES string of the molecule is O=C(O)C1(Nc2nnnn2-c2ccccc2)CCOC1. The van der Waals surface area contributed by atoms with Gasteiger partial charge >= 0.3 is 5.97 Å². The van der Waals surface area contributed by atoms with E-state index in [-0.39, 0.29) is 12.6 Å². The molecule has 0 radical (unpaired) electrons. The van der Waals surface area contributed by atoms with Crippen molar-refractivity contribution in [2.24, 2.45) is 0 Å². The molecule has 0 aliphatic carbocycles. The summed E-state index contributed by atoms with van der Waals surface area (Å²) in [5, 5.41) is 23.6. The van der Waals surface area contributed by atoms with Crippen LogP contribution in [0.4, 0.5) is 5.95 Å². The third-order valence-electron chi connectivity index (χ3n) is 3.25. The summed E-state index contributed by atoms with van der Waals surface area (Å²) in [5.74, 6) is -0.693. The lowest BCUT2D eigenvalue weighted by Gasteiger charge is -2.23. The summed E-state index contributed by atoms with van der Waals surface area (Å²) in [6.07, 6.45) is 0.365. The number of benzene rings is 1. The van der Waals surface area contributed by atoms with Crippen LogP contribution in [0, 0.1) is 0 Å². The summed E-state index contributed by atoms with van der Waals surface area (Å²) < 4.78 is 6.66. The smallest absolute Gasteiger partial charge is 0.331 e. The number of aromatic nitrogens is 4. The van der Waals surface area contributed by atoms with Crippen molar-refractivity contribution < 1.29 is 14.6 Å². The number of carbonyl (C=O) groups is 1. The normalized spacial score (nSPS) is 21.8. The number of rotatable bonds is 4. The Bertz CT molecular complexity index is 607. The highest BCUT2D eigenvalue weighted by Crippen LogP contribution is 2.24. The maximum Gasteiger partial charge on any atom is 0.331 e. The number of carboxylic acid groups (broad SMARTS) is 1. The minimum atomic E-state index is -1.18. The highest BCUT2D eigenvalue weighted by atomic mass is 16.5. The van der Waals surface area contributed by atoms with Crippen LogP contribution in [0.25, 0.3) is 5.69 Å². The molecule has 8 heteroatoms. The van der Waals surface area contributed by atoms with Gasteiger partial charge in [-0.15, -0.1) is 0 Å². The molecular formula is C12H13N5O3. The van der Waals surface area contributed by atoms with E-state index >= 15 is 0 Å².